The maximum absolute atomic E-state index is 4.98. The third kappa shape index (κ3) is 2.53. The van der Waals surface area contributed by atoms with Crippen molar-refractivity contribution in [1.29, 1.82) is 0 Å². The fourth-order valence-electron chi connectivity index (χ4n) is 1.31. The highest BCUT2D eigenvalue weighted by Crippen LogP contribution is 2.25. The van der Waals surface area contributed by atoms with Gasteiger partial charge in [0.2, 0.25) is 0 Å². The first-order valence-electron chi connectivity index (χ1n) is 5.07. The summed E-state index contributed by atoms with van der Waals surface area (Å²) in [5.41, 5.74) is 0.199. The molecular weight excluding hydrogens is 210 g/mol. The SMILES string of the molecule is CCC1(C)CSC(=NCc2ccno2)N1. The topological polar surface area (TPSA) is 50.4 Å². The summed E-state index contributed by atoms with van der Waals surface area (Å²) in [7, 11) is 0. The summed E-state index contributed by atoms with van der Waals surface area (Å²) in [6, 6.07) is 1.84. The quantitative estimate of drug-likeness (QED) is 0.855. The molecule has 4 nitrogen and oxygen atoms in total. The van der Waals surface area contributed by atoms with Crippen LogP contribution in [0.4, 0.5) is 0 Å². The van der Waals surface area contributed by atoms with Crippen LogP contribution in [0.1, 0.15) is 26.0 Å². The number of nitrogens with one attached hydrogen (secondary N) is 1. The lowest BCUT2D eigenvalue weighted by atomic mass is 10.0. The van der Waals surface area contributed by atoms with E-state index in [4.69, 9.17) is 4.52 Å². The molecular formula is C10H15N3OS. The van der Waals surface area contributed by atoms with Crippen LogP contribution in [0.3, 0.4) is 0 Å². The molecule has 1 unspecified atom stereocenters. The normalized spacial score (nSPS) is 28.3. The van der Waals surface area contributed by atoms with Crippen LogP contribution in [0.15, 0.2) is 21.8 Å². The molecule has 0 aromatic carbocycles. The van der Waals surface area contributed by atoms with Gasteiger partial charge >= 0.3 is 0 Å². The maximum Gasteiger partial charge on any atom is 0.158 e. The lowest BCUT2D eigenvalue weighted by Gasteiger charge is -2.20. The molecule has 1 atom stereocenters. The Bertz CT molecular complexity index is 350. The third-order valence-corrected chi connectivity index (χ3v) is 3.87. The van der Waals surface area contributed by atoms with E-state index in [0.29, 0.717) is 6.54 Å². The monoisotopic (exact) mass is 225 g/mol. The first-order valence-corrected chi connectivity index (χ1v) is 6.05. The van der Waals surface area contributed by atoms with Gasteiger partial charge in [0.15, 0.2) is 10.9 Å². The van der Waals surface area contributed by atoms with Crippen molar-refractivity contribution < 1.29 is 4.52 Å². The Morgan fingerprint density at radius 3 is 3.20 bits per heavy atom. The molecule has 0 bridgehead atoms. The molecule has 0 saturated carbocycles. The fraction of sp³-hybridized carbons (Fsp3) is 0.600. The largest absolute Gasteiger partial charge is 0.359 e. The van der Waals surface area contributed by atoms with Gasteiger partial charge in [-0.25, -0.2) is 0 Å². The minimum absolute atomic E-state index is 0.199. The molecule has 2 rings (SSSR count). The van der Waals surface area contributed by atoms with Crippen molar-refractivity contribution in [3.8, 4) is 0 Å². The highest BCUT2D eigenvalue weighted by Gasteiger charge is 2.30. The van der Waals surface area contributed by atoms with Gasteiger partial charge in [-0.1, -0.05) is 23.8 Å². The predicted molar refractivity (Wildman–Crippen MR) is 61.9 cm³/mol. The second kappa shape index (κ2) is 4.26. The summed E-state index contributed by atoms with van der Waals surface area (Å²) in [5.74, 6) is 1.88. The highest BCUT2D eigenvalue weighted by molar-refractivity contribution is 8.14. The summed E-state index contributed by atoms with van der Waals surface area (Å²) >= 11 is 1.77. The van der Waals surface area contributed by atoms with Crippen molar-refractivity contribution in [2.24, 2.45) is 4.99 Å². The molecule has 15 heavy (non-hydrogen) atoms. The van der Waals surface area contributed by atoms with E-state index in [2.05, 4.69) is 29.3 Å². The van der Waals surface area contributed by atoms with Crippen LogP contribution in [0.2, 0.25) is 0 Å². The van der Waals surface area contributed by atoms with Crippen molar-refractivity contribution in [2.45, 2.75) is 32.4 Å². The van der Waals surface area contributed by atoms with Crippen LogP contribution in [-0.4, -0.2) is 21.6 Å². The second-order valence-electron chi connectivity index (χ2n) is 3.93. The lowest BCUT2D eigenvalue weighted by Crippen LogP contribution is -2.39. The van der Waals surface area contributed by atoms with Crippen molar-refractivity contribution in [1.82, 2.24) is 10.5 Å². The van der Waals surface area contributed by atoms with E-state index < -0.39 is 0 Å². The third-order valence-electron chi connectivity index (χ3n) is 2.59. The van der Waals surface area contributed by atoms with E-state index in [1.807, 2.05) is 6.07 Å². The van der Waals surface area contributed by atoms with E-state index in [0.717, 1.165) is 23.1 Å². The summed E-state index contributed by atoms with van der Waals surface area (Å²) in [5, 5.41) is 8.08. The van der Waals surface area contributed by atoms with E-state index in [-0.39, 0.29) is 5.54 Å². The Morgan fingerprint density at radius 2 is 2.60 bits per heavy atom. The van der Waals surface area contributed by atoms with E-state index in [9.17, 15) is 0 Å². The van der Waals surface area contributed by atoms with Crippen LogP contribution in [0, 0.1) is 0 Å². The summed E-state index contributed by atoms with van der Waals surface area (Å²) < 4.78 is 4.98. The Balaban J connectivity index is 1.93. The zero-order valence-electron chi connectivity index (χ0n) is 8.99. The Kier molecular flexibility index (Phi) is 3.00. The number of thioether (sulfide) groups is 1. The van der Waals surface area contributed by atoms with Gasteiger partial charge in [-0.3, -0.25) is 4.99 Å². The highest BCUT2D eigenvalue weighted by atomic mass is 32.2. The minimum Gasteiger partial charge on any atom is -0.359 e. The molecule has 0 aliphatic carbocycles. The molecule has 1 aliphatic rings. The number of amidine groups is 1. The van der Waals surface area contributed by atoms with Crippen LogP contribution in [-0.2, 0) is 6.54 Å². The smallest absolute Gasteiger partial charge is 0.158 e. The lowest BCUT2D eigenvalue weighted by molar-refractivity contribution is 0.385. The molecule has 1 aromatic heterocycles. The number of rotatable bonds is 3. The molecule has 0 amide bonds. The second-order valence-corrected chi connectivity index (χ2v) is 4.89. The van der Waals surface area contributed by atoms with E-state index in [1.165, 1.54) is 0 Å². The number of aliphatic imine (C=N–C) groups is 1. The molecule has 1 aromatic rings. The number of nitrogens with zero attached hydrogens (tertiary/aromatic N) is 2. The Morgan fingerprint density at radius 1 is 1.73 bits per heavy atom. The van der Waals surface area contributed by atoms with Crippen molar-refractivity contribution in [2.75, 3.05) is 5.75 Å². The Labute approximate surface area is 93.5 Å². The van der Waals surface area contributed by atoms with Gasteiger partial charge in [-0.05, 0) is 13.3 Å². The van der Waals surface area contributed by atoms with Gasteiger partial charge in [0, 0.05) is 17.4 Å². The maximum atomic E-state index is 4.98. The first kappa shape index (κ1) is 10.5. The first-order chi connectivity index (χ1) is 7.22. The number of hydrogen-bond acceptors (Lipinski definition) is 4. The van der Waals surface area contributed by atoms with Crippen molar-refractivity contribution in [3.63, 3.8) is 0 Å². The minimum atomic E-state index is 0.199. The van der Waals surface area contributed by atoms with Crippen LogP contribution < -0.4 is 5.32 Å². The molecule has 1 aliphatic heterocycles. The molecule has 0 spiro atoms. The Hall–Kier alpha value is -0.970. The van der Waals surface area contributed by atoms with Gasteiger partial charge in [0.25, 0.3) is 0 Å². The van der Waals surface area contributed by atoms with Crippen LogP contribution >= 0.6 is 11.8 Å². The molecule has 2 heterocycles. The van der Waals surface area contributed by atoms with Gasteiger partial charge in [-0.2, -0.15) is 0 Å². The van der Waals surface area contributed by atoms with Gasteiger partial charge in [0.05, 0.1) is 6.20 Å². The van der Waals surface area contributed by atoms with E-state index in [1.54, 1.807) is 18.0 Å². The zero-order chi connectivity index (χ0) is 10.7. The average Bonchev–Trinajstić information content (AvgIpc) is 2.85. The molecule has 0 radical (unpaired) electrons. The molecule has 1 N–H and O–H groups in total. The van der Waals surface area contributed by atoms with Crippen molar-refractivity contribution >= 4 is 16.9 Å². The van der Waals surface area contributed by atoms with Gasteiger partial charge < -0.3 is 9.84 Å². The molecule has 5 heteroatoms. The van der Waals surface area contributed by atoms with Crippen LogP contribution in [0.25, 0.3) is 0 Å². The van der Waals surface area contributed by atoms with E-state index >= 15 is 0 Å². The van der Waals surface area contributed by atoms with Crippen LogP contribution in [0.5, 0.6) is 0 Å². The molecule has 82 valence electrons. The van der Waals surface area contributed by atoms with Crippen molar-refractivity contribution in [3.05, 3.63) is 18.0 Å². The van der Waals surface area contributed by atoms with Gasteiger partial charge in [-0.15, -0.1) is 0 Å². The standard InChI is InChI=1S/C10H15N3OS/c1-3-10(2)7-15-9(13-10)11-6-8-4-5-12-14-8/h4-5H,3,6-7H2,1-2H3,(H,11,13). The molecule has 1 fully saturated rings. The molecule has 1 saturated heterocycles. The summed E-state index contributed by atoms with van der Waals surface area (Å²) in [4.78, 5) is 4.44. The number of aromatic nitrogens is 1. The predicted octanol–water partition coefficient (Wildman–Crippen LogP) is 2.04. The zero-order valence-corrected chi connectivity index (χ0v) is 9.80. The summed E-state index contributed by atoms with van der Waals surface area (Å²) in [6.45, 7) is 4.97. The fourth-order valence-corrected chi connectivity index (χ4v) is 2.51. The average molecular weight is 225 g/mol. The summed E-state index contributed by atoms with van der Waals surface area (Å²) in [6.07, 6.45) is 2.75. The van der Waals surface area contributed by atoms with Gasteiger partial charge in [0.1, 0.15) is 6.54 Å². The number of hydrogen-bond donors (Lipinski definition) is 1.